The zero-order valence-corrected chi connectivity index (χ0v) is 18.6. The van der Waals surface area contributed by atoms with E-state index in [0.717, 1.165) is 25.2 Å². The summed E-state index contributed by atoms with van der Waals surface area (Å²) in [4.78, 5) is 26.7. The van der Waals surface area contributed by atoms with Gasteiger partial charge in [0.05, 0.1) is 47.9 Å². The number of rotatable bonds is 4. The van der Waals surface area contributed by atoms with Crippen LogP contribution in [0.15, 0.2) is 71.2 Å². The van der Waals surface area contributed by atoms with E-state index in [9.17, 15) is 28.0 Å². The highest BCUT2D eigenvalue weighted by molar-refractivity contribution is 6.31. The highest BCUT2D eigenvalue weighted by Gasteiger charge is 2.43. The molecule has 34 heavy (non-hydrogen) atoms. The minimum atomic E-state index is -4.83. The summed E-state index contributed by atoms with van der Waals surface area (Å²) in [6, 6.07) is 12.9. The summed E-state index contributed by atoms with van der Waals surface area (Å²) in [5, 5.41) is 9.35. The highest BCUT2D eigenvalue weighted by atomic mass is 35.5. The number of halogens is 4. The van der Waals surface area contributed by atoms with Gasteiger partial charge in [-0.1, -0.05) is 41.9 Å². The van der Waals surface area contributed by atoms with Crippen molar-refractivity contribution < 1.29 is 32.2 Å². The van der Waals surface area contributed by atoms with Crippen LogP contribution in [0.2, 0.25) is 5.02 Å². The summed E-state index contributed by atoms with van der Waals surface area (Å²) in [6.07, 6.45) is -4.83. The molecule has 11 heteroatoms. The molecule has 0 aliphatic carbocycles. The first-order valence-corrected chi connectivity index (χ1v) is 9.96. The van der Waals surface area contributed by atoms with Gasteiger partial charge < -0.3 is 15.2 Å². The minimum Gasteiger partial charge on any atom is -0.466 e. The largest absolute Gasteiger partial charge is 0.466 e. The summed E-state index contributed by atoms with van der Waals surface area (Å²) >= 11 is 5.73. The van der Waals surface area contributed by atoms with Crippen molar-refractivity contribution in [2.75, 3.05) is 19.1 Å². The number of hydrogen-bond donors (Lipinski definition) is 1. The second-order valence-corrected chi connectivity index (χ2v) is 7.40. The lowest BCUT2D eigenvalue weighted by Crippen LogP contribution is -2.40. The van der Waals surface area contributed by atoms with E-state index in [1.165, 1.54) is 6.07 Å². The highest BCUT2D eigenvalue weighted by Crippen LogP contribution is 2.45. The summed E-state index contributed by atoms with van der Waals surface area (Å²) in [7, 11) is 2.09. The average molecular weight is 492 g/mol. The molecule has 1 aliphatic rings. The zero-order valence-electron chi connectivity index (χ0n) is 17.8. The van der Waals surface area contributed by atoms with Gasteiger partial charge in [-0.05, 0) is 23.8 Å². The molecule has 1 aliphatic heterocycles. The number of carbonyl (C=O) groups is 2. The zero-order chi connectivity index (χ0) is 25.2. The monoisotopic (exact) mass is 491 g/mol. The van der Waals surface area contributed by atoms with Crippen molar-refractivity contribution >= 4 is 29.2 Å². The molecule has 7 nitrogen and oxygen atoms in total. The van der Waals surface area contributed by atoms with Gasteiger partial charge in [-0.25, -0.2) is 9.59 Å². The quantitative estimate of drug-likeness (QED) is 0.637. The van der Waals surface area contributed by atoms with Gasteiger partial charge >= 0.3 is 18.1 Å². The number of esters is 2. The molecule has 1 heterocycles. The Kier molecular flexibility index (Phi) is 6.88. The molecule has 3 rings (SSSR count). The lowest BCUT2D eigenvalue weighted by atomic mass is 9.81. The predicted octanol–water partition coefficient (Wildman–Crippen LogP) is 4.26. The van der Waals surface area contributed by atoms with Gasteiger partial charge in [-0.3, -0.25) is 4.90 Å². The van der Waals surface area contributed by atoms with Crippen LogP contribution in [0.1, 0.15) is 17.0 Å². The number of alkyl halides is 3. The second kappa shape index (κ2) is 9.49. The molecule has 176 valence electrons. The molecule has 2 aromatic carbocycles. The van der Waals surface area contributed by atoms with Crippen LogP contribution in [0, 0.1) is 11.3 Å². The van der Waals surface area contributed by atoms with Gasteiger partial charge in [-0.2, -0.15) is 18.4 Å². The lowest BCUT2D eigenvalue weighted by molar-refractivity contribution is -0.139. The Labute approximate surface area is 197 Å². The predicted molar refractivity (Wildman–Crippen MR) is 116 cm³/mol. The van der Waals surface area contributed by atoms with Gasteiger partial charge in [0.25, 0.3) is 0 Å². The maximum Gasteiger partial charge on any atom is 0.417 e. The van der Waals surface area contributed by atoms with Crippen molar-refractivity contribution in [3.8, 4) is 6.07 Å². The molecule has 0 amide bonds. The summed E-state index contributed by atoms with van der Waals surface area (Å²) in [5.41, 5.74) is 4.22. The van der Waals surface area contributed by atoms with Gasteiger partial charge in [0.1, 0.15) is 11.5 Å². The van der Waals surface area contributed by atoms with Crippen molar-refractivity contribution in [1.29, 1.82) is 5.26 Å². The second-order valence-electron chi connectivity index (χ2n) is 7.00. The van der Waals surface area contributed by atoms with E-state index in [1.54, 1.807) is 30.3 Å². The molecular formula is C23H17ClF3N3O4. The first-order valence-electron chi connectivity index (χ1n) is 9.59. The van der Waals surface area contributed by atoms with E-state index in [-0.39, 0.29) is 22.7 Å². The van der Waals surface area contributed by atoms with Crippen LogP contribution in [0.25, 0.3) is 0 Å². The smallest absolute Gasteiger partial charge is 0.417 e. The molecule has 0 saturated carbocycles. The molecule has 0 spiro atoms. The first-order chi connectivity index (χ1) is 16.1. The molecule has 1 atom stereocenters. The van der Waals surface area contributed by atoms with Gasteiger partial charge in [0, 0.05) is 5.69 Å². The van der Waals surface area contributed by atoms with Crippen LogP contribution in [0.5, 0.6) is 0 Å². The summed E-state index contributed by atoms with van der Waals surface area (Å²) in [6.45, 7) is 0. The van der Waals surface area contributed by atoms with Crippen LogP contribution >= 0.6 is 11.6 Å². The number of anilines is 1. The third-order valence-corrected chi connectivity index (χ3v) is 5.45. The molecule has 0 radical (unpaired) electrons. The molecule has 0 fully saturated rings. The third kappa shape index (κ3) is 4.30. The van der Waals surface area contributed by atoms with Gasteiger partial charge in [0.15, 0.2) is 0 Å². The number of nitrogens with zero attached hydrogens (tertiary/aromatic N) is 2. The minimum absolute atomic E-state index is 0.178. The fourth-order valence-corrected chi connectivity index (χ4v) is 3.88. The topological polar surface area (TPSA) is 106 Å². The van der Waals surface area contributed by atoms with E-state index >= 15 is 0 Å². The Bertz CT molecular complexity index is 1250. The van der Waals surface area contributed by atoms with Gasteiger partial charge in [0.2, 0.25) is 0 Å². The summed E-state index contributed by atoms with van der Waals surface area (Å²) < 4.78 is 50.3. The Morgan fingerprint density at radius 2 is 1.71 bits per heavy atom. The van der Waals surface area contributed by atoms with Gasteiger partial charge in [-0.15, -0.1) is 0 Å². The number of hydrogen-bond acceptors (Lipinski definition) is 7. The standard InChI is InChI=1S/C23H17ClF3N3O4/c1-33-21(31)18-17(12-6-4-3-5-7-12)14(11-28)20(29)30(19(18)22(32)34-2)13-8-9-16(24)15(10-13)23(25,26)27/h3-10,17H,29H2,1-2H3. The number of ether oxygens (including phenoxy) is 2. The third-order valence-electron chi connectivity index (χ3n) is 5.12. The van der Waals surface area contributed by atoms with Crippen molar-refractivity contribution in [3.05, 3.63) is 87.3 Å². The maximum atomic E-state index is 13.5. The van der Waals surface area contributed by atoms with E-state index in [1.807, 2.05) is 6.07 Å². The van der Waals surface area contributed by atoms with E-state index in [4.69, 9.17) is 26.8 Å². The molecular weight excluding hydrogens is 475 g/mol. The normalized spacial score (nSPS) is 16.3. The molecule has 0 aromatic heterocycles. The van der Waals surface area contributed by atoms with Crippen LogP contribution in [-0.4, -0.2) is 26.2 Å². The Morgan fingerprint density at radius 3 is 2.24 bits per heavy atom. The number of nitrogens with two attached hydrogens (primary N) is 1. The van der Waals surface area contributed by atoms with E-state index in [0.29, 0.717) is 11.6 Å². The molecule has 2 N–H and O–H groups in total. The van der Waals surface area contributed by atoms with Crippen LogP contribution in [0.4, 0.5) is 18.9 Å². The fraction of sp³-hybridized carbons (Fsp3) is 0.174. The fourth-order valence-electron chi connectivity index (χ4n) is 3.65. The SMILES string of the molecule is COC(=O)C1=C(C(=O)OC)N(c2ccc(Cl)c(C(F)(F)F)c2)C(N)=C(C#N)C1c1ccccc1. The maximum absolute atomic E-state index is 13.5. The summed E-state index contributed by atoms with van der Waals surface area (Å²) in [5.74, 6) is -3.58. The van der Waals surface area contributed by atoms with Crippen molar-refractivity contribution in [2.24, 2.45) is 5.73 Å². The molecule has 1 unspecified atom stereocenters. The van der Waals surface area contributed by atoms with Crippen molar-refractivity contribution in [2.45, 2.75) is 12.1 Å². The molecule has 0 bridgehead atoms. The Morgan fingerprint density at radius 1 is 1.09 bits per heavy atom. The number of carbonyl (C=O) groups excluding carboxylic acids is 2. The van der Waals surface area contributed by atoms with E-state index in [2.05, 4.69) is 0 Å². The number of allylic oxidation sites excluding steroid dienone is 1. The molecule has 2 aromatic rings. The lowest BCUT2D eigenvalue weighted by Gasteiger charge is -2.36. The van der Waals surface area contributed by atoms with Crippen LogP contribution in [0.3, 0.4) is 0 Å². The van der Waals surface area contributed by atoms with Crippen molar-refractivity contribution in [3.63, 3.8) is 0 Å². The Balaban J connectivity index is 2.43. The van der Waals surface area contributed by atoms with Crippen molar-refractivity contribution in [1.82, 2.24) is 0 Å². The average Bonchev–Trinajstić information content (AvgIpc) is 2.82. The Hall–Kier alpha value is -3.97. The molecule has 0 saturated heterocycles. The van der Waals surface area contributed by atoms with Crippen LogP contribution < -0.4 is 10.6 Å². The number of benzene rings is 2. The van der Waals surface area contributed by atoms with E-state index < -0.39 is 40.3 Å². The number of methoxy groups -OCH3 is 2. The first kappa shape index (κ1) is 24.7. The number of nitriles is 1. The van der Waals surface area contributed by atoms with Crippen LogP contribution in [-0.2, 0) is 25.2 Å².